The van der Waals surface area contributed by atoms with Gasteiger partial charge in [0.25, 0.3) is 0 Å². The van der Waals surface area contributed by atoms with Crippen molar-refractivity contribution in [1.82, 2.24) is 0 Å². The second-order valence-electron chi connectivity index (χ2n) is 3.55. The van der Waals surface area contributed by atoms with Crippen LogP contribution >= 0.6 is 0 Å². The monoisotopic (exact) mass is 184 g/mol. The Kier molecular flexibility index (Phi) is 6.29. The number of unbranched alkanes of at least 4 members (excludes halogenated alkanes) is 1. The van der Waals surface area contributed by atoms with E-state index in [1.54, 1.807) is 0 Å². The zero-order valence-corrected chi connectivity index (χ0v) is 8.93. The topological polar surface area (TPSA) is 26.3 Å². The molecule has 0 N–H and O–H groups in total. The molecule has 0 fully saturated rings. The van der Waals surface area contributed by atoms with Gasteiger partial charge in [0.1, 0.15) is 0 Å². The van der Waals surface area contributed by atoms with E-state index in [9.17, 15) is 4.79 Å². The summed E-state index contributed by atoms with van der Waals surface area (Å²) in [4.78, 5) is 11.0. The Balaban J connectivity index is 3.71. The summed E-state index contributed by atoms with van der Waals surface area (Å²) in [5.41, 5.74) is 0.589. The Morgan fingerprint density at radius 2 is 2.15 bits per heavy atom. The SMILES string of the molecule is C=C(CC(C)CCCC)C(=O)OC. The van der Waals surface area contributed by atoms with Crippen molar-refractivity contribution in [2.24, 2.45) is 5.92 Å². The molecule has 0 heterocycles. The van der Waals surface area contributed by atoms with Crippen molar-refractivity contribution < 1.29 is 9.53 Å². The molecular weight excluding hydrogens is 164 g/mol. The van der Waals surface area contributed by atoms with Crippen LogP contribution in [0.25, 0.3) is 0 Å². The molecular formula is C11H20O2. The summed E-state index contributed by atoms with van der Waals surface area (Å²) >= 11 is 0. The second-order valence-corrected chi connectivity index (χ2v) is 3.55. The number of carbonyl (C=O) groups excluding carboxylic acids is 1. The minimum Gasteiger partial charge on any atom is -0.466 e. The van der Waals surface area contributed by atoms with Crippen molar-refractivity contribution >= 4 is 5.97 Å². The smallest absolute Gasteiger partial charge is 0.333 e. The molecule has 0 bridgehead atoms. The summed E-state index contributed by atoms with van der Waals surface area (Å²) in [6.45, 7) is 8.01. The van der Waals surface area contributed by atoms with Gasteiger partial charge in [-0.1, -0.05) is 39.7 Å². The number of esters is 1. The lowest BCUT2D eigenvalue weighted by molar-refractivity contribution is -0.136. The minimum absolute atomic E-state index is 0.275. The van der Waals surface area contributed by atoms with E-state index in [1.165, 1.54) is 20.0 Å². The molecule has 0 radical (unpaired) electrons. The Bertz CT molecular complexity index is 173. The van der Waals surface area contributed by atoms with E-state index in [1.807, 2.05) is 0 Å². The maximum Gasteiger partial charge on any atom is 0.333 e. The highest BCUT2D eigenvalue weighted by molar-refractivity contribution is 5.87. The van der Waals surface area contributed by atoms with Gasteiger partial charge in [-0.3, -0.25) is 0 Å². The van der Waals surface area contributed by atoms with Crippen molar-refractivity contribution in [3.63, 3.8) is 0 Å². The zero-order valence-electron chi connectivity index (χ0n) is 8.93. The lowest BCUT2D eigenvalue weighted by atomic mass is 9.97. The van der Waals surface area contributed by atoms with Crippen molar-refractivity contribution in [3.8, 4) is 0 Å². The van der Waals surface area contributed by atoms with E-state index in [-0.39, 0.29) is 5.97 Å². The van der Waals surface area contributed by atoms with Gasteiger partial charge in [-0.25, -0.2) is 4.79 Å². The second kappa shape index (κ2) is 6.70. The molecule has 1 atom stereocenters. The zero-order chi connectivity index (χ0) is 10.3. The van der Waals surface area contributed by atoms with E-state index in [0.717, 1.165) is 12.8 Å². The van der Waals surface area contributed by atoms with E-state index in [4.69, 9.17) is 0 Å². The van der Waals surface area contributed by atoms with Gasteiger partial charge in [0.15, 0.2) is 0 Å². The highest BCUT2D eigenvalue weighted by atomic mass is 16.5. The molecule has 0 rings (SSSR count). The van der Waals surface area contributed by atoms with Gasteiger partial charge in [-0.2, -0.15) is 0 Å². The Morgan fingerprint density at radius 3 is 2.62 bits per heavy atom. The predicted octanol–water partition coefficient (Wildman–Crippen LogP) is 2.93. The van der Waals surface area contributed by atoms with Crippen LogP contribution in [0.15, 0.2) is 12.2 Å². The fourth-order valence-electron chi connectivity index (χ4n) is 1.30. The number of carbonyl (C=O) groups is 1. The third kappa shape index (κ3) is 5.45. The van der Waals surface area contributed by atoms with Crippen LogP contribution in [-0.2, 0) is 9.53 Å². The van der Waals surface area contributed by atoms with Crippen LogP contribution in [0.3, 0.4) is 0 Å². The summed E-state index contributed by atoms with van der Waals surface area (Å²) < 4.78 is 4.58. The number of ether oxygens (including phenoxy) is 1. The van der Waals surface area contributed by atoms with Crippen LogP contribution in [0.2, 0.25) is 0 Å². The fraction of sp³-hybridized carbons (Fsp3) is 0.727. The first-order valence-electron chi connectivity index (χ1n) is 4.87. The molecule has 1 unspecified atom stereocenters. The van der Waals surface area contributed by atoms with Gasteiger partial charge in [-0.15, -0.1) is 0 Å². The molecule has 0 aliphatic rings. The molecule has 0 aromatic rings. The fourth-order valence-corrected chi connectivity index (χ4v) is 1.30. The van der Waals surface area contributed by atoms with E-state index in [0.29, 0.717) is 11.5 Å². The summed E-state index contributed by atoms with van der Waals surface area (Å²) in [5.74, 6) is 0.259. The quantitative estimate of drug-likeness (QED) is 0.468. The lowest BCUT2D eigenvalue weighted by Crippen LogP contribution is -2.07. The number of hydrogen-bond donors (Lipinski definition) is 0. The number of rotatable bonds is 6. The lowest BCUT2D eigenvalue weighted by Gasteiger charge is -2.10. The van der Waals surface area contributed by atoms with Gasteiger partial charge in [0.2, 0.25) is 0 Å². The summed E-state index contributed by atoms with van der Waals surface area (Å²) in [5, 5.41) is 0. The van der Waals surface area contributed by atoms with Gasteiger partial charge < -0.3 is 4.74 Å². The number of methoxy groups -OCH3 is 1. The molecule has 0 aromatic carbocycles. The molecule has 0 saturated heterocycles. The summed E-state index contributed by atoms with van der Waals surface area (Å²) in [6, 6.07) is 0. The third-order valence-electron chi connectivity index (χ3n) is 2.12. The highest BCUT2D eigenvalue weighted by Crippen LogP contribution is 2.16. The summed E-state index contributed by atoms with van der Waals surface area (Å²) in [6.07, 6.45) is 4.34. The van der Waals surface area contributed by atoms with Crippen LogP contribution in [0, 0.1) is 5.92 Å². The Morgan fingerprint density at radius 1 is 1.54 bits per heavy atom. The van der Waals surface area contributed by atoms with Crippen LogP contribution < -0.4 is 0 Å². The molecule has 0 amide bonds. The molecule has 0 aromatic heterocycles. The minimum atomic E-state index is -0.275. The van der Waals surface area contributed by atoms with Gasteiger partial charge in [0, 0.05) is 5.57 Å². The molecule has 76 valence electrons. The first-order valence-corrected chi connectivity index (χ1v) is 4.87. The average Bonchev–Trinajstić information content (AvgIpc) is 2.13. The maximum atomic E-state index is 11.0. The predicted molar refractivity (Wildman–Crippen MR) is 54.5 cm³/mol. The molecule has 0 aliphatic heterocycles. The standard InChI is InChI=1S/C11H20O2/c1-5-6-7-9(2)8-10(3)11(12)13-4/h9H,3,5-8H2,1-2,4H3. The van der Waals surface area contributed by atoms with Gasteiger partial charge >= 0.3 is 5.97 Å². The molecule has 13 heavy (non-hydrogen) atoms. The largest absolute Gasteiger partial charge is 0.466 e. The van der Waals surface area contributed by atoms with Crippen molar-refractivity contribution in [2.45, 2.75) is 39.5 Å². The van der Waals surface area contributed by atoms with Gasteiger partial charge in [0.05, 0.1) is 7.11 Å². The average molecular weight is 184 g/mol. The molecule has 2 heteroatoms. The molecule has 0 saturated carbocycles. The van der Waals surface area contributed by atoms with Crippen LogP contribution in [0.4, 0.5) is 0 Å². The normalized spacial score (nSPS) is 12.2. The van der Waals surface area contributed by atoms with Crippen molar-refractivity contribution in [2.75, 3.05) is 7.11 Å². The van der Waals surface area contributed by atoms with Gasteiger partial charge in [-0.05, 0) is 12.3 Å². The molecule has 0 spiro atoms. The van der Waals surface area contributed by atoms with E-state index < -0.39 is 0 Å². The first kappa shape index (κ1) is 12.2. The van der Waals surface area contributed by atoms with Crippen LogP contribution in [0.5, 0.6) is 0 Å². The van der Waals surface area contributed by atoms with E-state index in [2.05, 4.69) is 25.2 Å². The number of hydrogen-bond acceptors (Lipinski definition) is 2. The first-order chi connectivity index (χ1) is 6.11. The van der Waals surface area contributed by atoms with Crippen molar-refractivity contribution in [3.05, 3.63) is 12.2 Å². The van der Waals surface area contributed by atoms with Crippen LogP contribution in [0.1, 0.15) is 39.5 Å². The van der Waals surface area contributed by atoms with Crippen molar-refractivity contribution in [1.29, 1.82) is 0 Å². The molecule has 2 nitrogen and oxygen atoms in total. The Labute approximate surface area is 81.0 Å². The Hall–Kier alpha value is -0.790. The third-order valence-corrected chi connectivity index (χ3v) is 2.12. The highest BCUT2D eigenvalue weighted by Gasteiger charge is 2.10. The van der Waals surface area contributed by atoms with Crippen LogP contribution in [-0.4, -0.2) is 13.1 Å². The summed E-state index contributed by atoms with van der Waals surface area (Å²) in [7, 11) is 1.39. The maximum absolute atomic E-state index is 11.0. The molecule has 0 aliphatic carbocycles. The van der Waals surface area contributed by atoms with E-state index >= 15 is 0 Å².